The lowest BCUT2D eigenvalue weighted by Gasteiger charge is -2.18. The molecule has 1 aromatic heterocycles. The van der Waals surface area contributed by atoms with Gasteiger partial charge in [-0.1, -0.05) is 140 Å². The highest BCUT2D eigenvalue weighted by Gasteiger charge is 2.18. The molecule has 0 spiro atoms. The van der Waals surface area contributed by atoms with Crippen LogP contribution in [0.5, 0.6) is 0 Å². The summed E-state index contributed by atoms with van der Waals surface area (Å²) in [6.07, 6.45) is 0. The summed E-state index contributed by atoms with van der Waals surface area (Å²) in [7, 11) is 0. The van der Waals surface area contributed by atoms with Gasteiger partial charge in [0.2, 0.25) is 0 Å². The number of fused-ring (bicyclic) bond motifs is 5. The van der Waals surface area contributed by atoms with Crippen molar-refractivity contribution in [2.75, 3.05) is 0 Å². The summed E-state index contributed by atoms with van der Waals surface area (Å²) in [6, 6.07) is 61.0. The quantitative estimate of drug-likeness (QED) is 0.191. The largest absolute Gasteiger partial charge is 0.456 e. The van der Waals surface area contributed by atoms with E-state index in [1.165, 1.54) is 60.5 Å². The molecular formula is C44H28O. The maximum Gasteiger partial charge on any atom is 0.136 e. The minimum absolute atomic E-state index is 0.902. The van der Waals surface area contributed by atoms with Gasteiger partial charge in [0.1, 0.15) is 11.2 Å². The number of hydrogen-bond donors (Lipinski definition) is 0. The van der Waals surface area contributed by atoms with E-state index < -0.39 is 0 Å². The van der Waals surface area contributed by atoms with Crippen molar-refractivity contribution in [3.05, 3.63) is 170 Å². The molecule has 45 heavy (non-hydrogen) atoms. The van der Waals surface area contributed by atoms with Crippen molar-refractivity contribution in [3.63, 3.8) is 0 Å². The predicted octanol–water partition coefficient (Wildman–Crippen LogP) is 12.6. The molecule has 0 bridgehead atoms. The van der Waals surface area contributed by atoms with Crippen molar-refractivity contribution in [2.45, 2.75) is 0 Å². The Labute approximate surface area is 261 Å². The van der Waals surface area contributed by atoms with Crippen LogP contribution in [-0.4, -0.2) is 0 Å². The minimum atomic E-state index is 0.902. The van der Waals surface area contributed by atoms with Gasteiger partial charge in [0.15, 0.2) is 0 Å². The van der Waals surface area contributed by atoms with Crippen molar-refractivity contribution in [1.82, 2.24) is 0 Å². The fraction of sp³-hybridized carbons (Fsp3) is 0. The van der Waals surface area contributed by atoms with E-state index in [2.05, 4.69) is 170 Å². The third-order valence-corrected chi connectivity index (χ3v) is 9.06. The first kappa shape index (κ1) is 25.6. The van der Waals surface area contributed by atoms with Crippen molar-refractivity contribution in [3.8, 4) is 44.5 Å². The summed E-state index contributed by atoms with van der Waals surface area (Å²) in [5, 5.41) is 7.29. The molecule has 1 heterocycles. The molecule has 1 heteroatoms. The lowest BCUT2D eigenvalue weighted by atomic mass is 9.85. The zero-order valence-electron chi connectivity index (χ0n) is 24.6. The summed E-state index contributed by atoms with van der Waals surface area (Å²) >= 11 is 0. The number of hydrogen-bond acceptors (Lipinski definition) is 1. The monoisotopic (exact) mass is 572 g/mol. The van der Waals surface area contributed by atoms with Crippen LogP contribution in [0.3, 0.4) is 0 Å². The van der Waals surface area contributed by atoms with Gasteiger partial charge in [-0.15, -0.1) is 0 Å². The summed E-state index contributed by atoms with van der Waals surface area (Å²) < 4.78 is 6.42. The standard InChI is InChI=1S/C44H28O/c1-4-12-29(13-5-1)32-22-25-41-39(26-32)35-23-20-34(28-42(35)45-41)33-21-24-38-40(27-33)44(31-16-8-3-9-17-31)37-19-11-10-18-36(37)43(38)30-14-6-2-7-15-30/h1-28H. The first-order chi connectivity index (χ1) is 22.3. The van der Waals surface area contributed by atoms with E-state index in [1.807, 2.05) is 0 Å². The molecule has 0 amide bonds. The summed E-state index contributed by atoms with van der Waals surface area (Å²) in [6.45, 7) is 0. The molecule has 0 saturated carbocycles. The predicted molar refractivity (Wildman–Crippen MR) is 190 cm³/mol. The van der Waals surface area contributed by atoms with Crippen molar-refractivity contribution < 1.29 is 4.42 Å². The molecule has 1 nitrogen and oxygen atoms in total. The molecule has 8 aromatic carbocycles. The Morgan fingerprint density at radius 3 is 1.33 bits per heavy atom. The Kier molecular flexibility index (Phi) is 5.89. The van der Waals surface area contributed by atoms with Crippen LogP contribution in [0.1, 0.15) is 0 Å². The second kappa shape index (κ2) is 10.4. The normalized spacial score (nSPS) is 11.6. The lowest BCUT2D eigenvalue weighted by molar-refractivity contribution is 0.669. The van der Waals surface area contributed by atoms with Gasteiger partial charge in [-0.3, -0.25) is 0 Å². The second-order valence-corrected chi connectivity index (χ2v) is 11.7. The molecule has 0 fully saturated rings. The van der Waals surface area contributed by atoms with E-state index in [4.69, 9.17) is 4.42 Å². The smallest absolute Gasteiger partial charge is 0.136 e. The van der Waals surface area contributed by atoms with Crippen LogP contribution in [0.2, 0.25) is 0 Å². The van der Waals surface area contributed by atoms with Crippen LogP contribution in [0, 0.1) is 0 Å². The fourth-order valence-electron chi connectivity index (χ4n) is 6.96. The molecule has 210 valence electrons. The molecule has 0 aliphatic heterocycles. The highest BCUT2D eigenvalue weighted by molar-refractivity contribution is 6.22. The van der Waals surface area contributed by atoms with E-state index in [1.54, 1.807) is 0 Å². The zero-order valence-corrected chi connectivity index (χ0v) is 24.6. The van der Waals surface area contributed by atoms with Crippen LogP contribution < -0.4 is 0 Å². The van der Waals surface area contributed by atoms with Crippen molar-refractivity contribution in [2.24, 2.45) is 0 Å². The lowest BCUT2D eigenvalue weighted by Crippen LogP contribution is -1.91. The molecule has 0 unspecified atom stereocenters. The molecule has 0 saturated heterocycles. The number of furan rings is 1. The van der Waals surface area contributed by atoms with E-state index in [0.717, 1.165) is 27.5 Å². The Bertz CT molecular complexity index is 2510. The molecule has 9 rings (SSSR count). The summed E-state index contributed by atoms with van der Waals surface area (Å²) in [5.41, 5.74) is 11.5. The van der Waals surface area contributed by atoms with E-state index in [0.29, 0.717) is 0 Å². The molecule has 0 atom stereocenters. The third kappa shape index (κ3) is 4.24. The topological polar surface area (TPSA) is 13.1 Å². The number of rotatable bonds is 4. The SMILES string of the molecule is c1ccc(-c2ccc3oc4cc(-c5ccc6c(-c7ccccc7)c7ccccc7c(-c7ccccc7)c6c5)ccc4c3c2)cc1. The zero-order chi connectivity index (χ0) is 29.7. The Morgan fingerprint density at radius 2 is 0.689 bits per heavy atom. The minimum Gasteiger partial charge on any atom is -0.456 e. The Hall–Kier alpha value is -5.92. The highest BCUT2D eigenvalue weighted by atomic mass is 16.3. The molecule has 0 N–H and O–H groups in total. The van der Waals surface area contributed by atoms with Crippen LogP contribution in [-0.2, 0) is 0 Å². The molecular weight excluding hydrogens is 544 g/mol. The van der Waals surface area contributed by atoms with Gasteiger partial charge in [-0.05, 0) is 96.4 Å². The fourth-order valence-corrected chi connectivity index (χ4v) is 6.96. The molecule has 0 aliphatic rings. The number of benzene rings is 8. The molecule has 9 aromatic rings. The van der Waals surface area contributed by atoms with E-state index in [-0.39, 0.29) is 0 Å². The molecule has 0 radical (unpaired) electrons. The van der Waals surface area contributed by atoms with Gasteiger partial charge in [-0.2, -0.15) is 0 Å². The maximum atomic E-state index is 6.42. The van der Waals surface area contributed by atoms with Crippen LogP contribution in [0.25, 0.3) is 88.0 Å². The van der Waals surface area contributed by atoms with Crippen LogP contribution >= 0.6 is 0 Å². The van der Waals surface area contributed by atoms with Gasteiger partial charge in [0.05, 0.1) is 0 Å². The highest BCUT2D eigenvalue weighted by Crippen LogP contribution is 2.45. The first-order valence-corrected chi connectivity index (χ1v) is 15.4. The maximum absolute atomic E-state index is 6.42. The van der Waals surface area contributed by atoms with Crippen LogP contribution in [0.4, 0.5) is 0 Å². The van der Waals surface area contributed by atoms with Crippen molar-refractivity contribution in [1.29, 1.82) is 0 Å². The first-order valence-electron chi connectivity index (χ1n) is 15.4. The summed E-state index contributed by atoms with van der Waals surface area (Å²) in [5.74, 6) is 0. The second-order valence-electron chi connectivity index (χ2n) is 11.7. The van der Waals surface area contributed by atoms with E-state index in [9.17, 15) is 0 Å². The Balaban J connectivity index is 1.27. The average Bonchev–Trinajstić information content (AvgIpc) is 3.48. The summed E-state index contributed by atoms with van der Waals surface area (Å²) in [4.78, 5) is 0. The van der Waals surface area contributed by atoms with E-state index >= 15 is 0 Å². The van der Waals surface area contributed by atoms with Gasteiger partial charge in [0, 0.05) is 10.8 Å². The molecule has 0 aliphatic carbocycles. The Morgan fingerprint density at radius 1 is 0.244 bits per heavy atom. The van der Waals surface area contributed by atoms with Crippen molar-refractivity contribution >= 4 is 43.5 Å². The average molecular weight is 573 g/mol. The van der Waals surface area contributed by atoms with Gasteiger partial charge >= 0.3 is 0 Å². The van der Waals surface area contributed by atoms with Gasteiger partial charge in [-0.25, -0.2) is 0 Å². The van der Waals surface area contributed by atoms with Gasteiger partial charge in [0.25, 0.3) is 0 Å². The third-order valence-electron chi connectivity index (χ3n) is 9.06. The van der Waals surface area contributed by atoms with Crippen LogP contribution in [0.15, 0.2) is 174 Å². The van der Waals surface area contributed by atoms with Gasteiger partial charge < -0.3 is 4.42 Å².